The molecular weight excluding hydrogens is 240 g/mol. The summed E-state index contributed by atoms with van der Waals surface area (Å²) in [6.45, 7) is 0. The molecule has 0 bridgehead atoms. The monoisotopic (exact) mass is 252 g/mol. The Kier molecular flexibility index (Phi) is 2.64. The molecule has 19 heavy (non-hydrogen) atoms. The smallest absolute Gasteiger partial charge is 0.258 e. The fourth-order valence-electron chi connectivity index (χ4n) is 1.92. The average Bonchev–Trinajstić information content (AvgIpc) is 2.42. The second kappa shape index (κ2) is 4.45. The minimum absolute atomic E-state index is 0.192. The number of H-pyrrole nitrogens is 1. The number of hydrogen-bond donors (Lipinski definition) is 3. The summed E-state index contributed by atoms with van der Waals surface area (Å²) in [6.07, 6.45) is 1.38. The second-order valence-electron chi connectivity index (χ2n) is 4.18. The van der Waals surface area contributed by atoms with Gasteiger partial charge in [0.15, 0.2) is 0 Å². The zero-order valence-corrected chi connectivity index (χ0v) is 10.1. The van der Waals surface area contributed by atoms with Crippen molar-refractivity contribution >= 4 is 28.0 Å². The van der Waals surface area contributed by atoms with Gasteiger partial charge in [0, 0.05) is 5.69 Å². The van der Waals surface area contributed by atoms with E-state index in [1.54, 1.807) is 12.1 Å². The maximum absolute atomic E-state index is 11.6. The number of nitrogen functional groups attached to an aromatic ring is 1. The minimum Gasteiger partial charge on any atom is -0.397 e. The Balaban J connectivity index is 2.10. The summed E-state index contributed by atoms with van der Waals surface area (Å²) < 4.78 is 0. The van der Waals surface area contributed by atoms with Crippen molar-refractivity contribution in [3.05, 3.63) is 59.1 Å². The van der Waals surface area contributed by atoms with E-state index in [2.05, 4.69) is 15.3 Å². The van der Waals surface area contributed by atoms with E-state index in [0.29, 0.717) is 16.6 Å². The molecule has 0 saturated heterocycles. The Hall–Kier alpha value is -2.82. The van der Waals surface area contributed by atoms with Crippen molar-refractivity contribution in [3.63, 3.8) is 0 Å². The van der Waals surface area contributed by atoms with Crippen LogP contribution < -0.4 is 16.6 Å². The number of aromatic amines is 1. The number of hydrogen-bond acceptors (Lipinski definition) is 4. The molecule has 1 aromatic heterocycles. The van der Waals surface area contributed by atoms with Gasteiger partial charge in [0.2, 0.25) is 0 Å². The van der Waals surface area contributed by atoms with Crippen molar-refractivity contribution in [1.29, 1.82) is 0 Å². The summed E-state index contributed by atoms with van der Waals surface area (Å²) in [6, 6.07) is 13.1. The fourth-order valence-corrected chi connectivity index (χ4v) is 1.92. The van der Waals surface area contributed by atoms with Crippen LogP contribution in [0.5, 0.6) is 0 Å². The number of benzene rings is 2. The van der Waals surface area contributed by atoms with Gasteiger partial charge in [-0.1, -0.05) is 18.2 Å². The topological polar surface area (TPSA) is 83.8 Å². The van der Waals surface area contributed by atoms with Crippen LogP contribution in [0.15, 0.2) is 53.6 Å². The van der Waals surface area contributed by atoms with Gasteiger partial charge in [0.1, 0.15) is 0 Å². The van der Waals surface area contributed by atoms with Gasteiger partial charge in [-0.2, -0.15) is 0 Å². The van der Waals surface area contributed by atoms with E-state index >= 15 is 0 Å². The van der Waals surface area contributed by atoms with Crippen LogP contribution in [0.2, 0.25) is 0 Å². The molecular formula is C14H12N4O. The molecule has 0 fully saturated rings. The standard InChI is InChI=1S/C14H12N4O/c15-11-6-10-12(16-8-17-14(10)19)7-13(11)18-9-4-2-1-3-5-9/h1-8,18H,15H2,(H,16,17,19). The van der Waals surface area contributed by atoms with E-state index in [4.69, 9.17) is 5.73 Å². The average molecular weight is 252 g/mol. The number of nitrogens with zero attached hydrogens (tertiary/aromatic N) is 1. The first-order chi connectivity index (χ1) is 9.24. The lowest BCUT2D eigenvalue weighted by Gasteiger charge is -2.10. The molecule has 94 valence electrons. The van der Waals surface area contributed by atoms with Crippen LogP contribution in [-0.4, -0.2) is 9.97 Å². The van der Waals surface area contributed by atoms with Gasteiger partial charge in [0.25, 0.3) is 5.56 Å². The van der Waals surface area contributed by atoms with E-state index in [-0.39, 0.29) is 5.56 Å². The lowest BCUT2D eigenvalue weighted by Crippen LogP contribution is -2.07. The third-order valence-corrected chi connectivity index (χ3v) is 2.86. The summed E-state index contributed by atoms with van der Waals surface area (Å²) in [5.41, 5.74) is 8.55. The zero-order valence-electron chi connectivity index (χ0n) is 10.1. The summed E-state index contributed by atoms with van der Waals surface area (Å²) in [4.78, 5) is 18.3. The van der Waals surface area contributed by atoms with Gasteiger partial charge < -0.3 is 16.0 Å². The Morgan fingerprint density at radius 2 is 1.95 bits per heavy atom. The largest absolute Gasteiger partial charge is 0.397 e. The quantitative estimate of drug-likeness (QED) is 0.611. The maximum atomic E-state index is 11.6. The van der Waals surface area contributed by atoms with E-state index in [1.165, 1.54) is 6.33 Å². The lowest BCUT2D eigenvalue weighted by molar-refractivity contribution is 1.17. The molecule has 0 radical (unpaired) electrons. The molecule has 3 aromatic rings. The molecule has 4 N–H and O–H groups in total. The van der Waals surface area contributed by atoms with E-state index in [9.17, 15) is 4.79 Å². The number of aromatic nitrogens is 2. The second-order valence-corrected chi connectivity index (χ2v) is 4.18. The molecule has 0 atom stereocenters. The Labute approximate surface area is 109 Å². The van der Waals surface area contributed by atoms with Crippen molar-refractivity contribution in [3.8, 4) is 0 Å². The van der Waals surface area contributed by atoms with Crippen LogP contribution in [0.4, 0.5) is 17.1 Å². The molecule has 0 aliphatic carbocycles. The van der Waals surface area contributed by atoms with Crippen molar-refractivity contribution in [2.24, 2.45) is 0 Å². The summed E-state index contributed by atoms with van der Waals surface area (Å²) in [5, 5.41) is 3.69. The number of nitrogens with one attached hydrogen (secondary N) is 2. The highest BCUT2D eigenvalue weighted by molar-refractivity contribution is 5.89. The molecule has 5 heteroatoms. The number of para-hydroxylation sites is 1. The first-order valence-corrected chi connectivity index (χ1v) is 5.83. The van der Waals surface area contributed by atoms with E-state index < -0.39 is 0 Å². The van der Waals surface area contributed by atoms with Crippen LogP contribution in [0.1, 0.15) is 0 Å². The molecule has 0 amide bonds. The first kappa shape index (κ1) is 11.3. The molecule has 2 aromatic carbocycles. The molecule has 5 nitrogen and oxygen atoms in total. The minimum atomic E-state index is -0.192. The molecule has 0 aliphatic rings. The Morgan fingerprint density at radius 1 is 1.16 bits per heavy atom. The van der Waals surface area contributed by atoms with Crippen LogP contribution in [-0.2, 0) is 0 Å². The maximum Gasteiger partial charge on any atom is 0.258 e. The third-order valence-electron chi connectivity index (χ3n) is 2.86. The summed E-state index contributed by atoms with van der Waals surface area (Å²) in [7, 11) is 0. The predicted molar refractivity (Wildman–Crippen MR) is 76.5 cm³/mol. The van der Waals surface area contributed by atoms with Crippen LogP contribution in [0, 0.1) is 0 Å². The van der Waals surface area contributed by atoms with Gasteiger partial charge in [-0.05, 0) is 24.3 Å². The summed E-state index contributed by atoms with van der Waals surface area (Å²) in [5.74, 6) is 0. The molecule has 1 heterocycles. The van der Waals surface area contributed by atoms with Gasteiger partial charge in [-0.25, -0.2) is 4.98 Å². The molecule has 0 aliphatic heterocycles. The molecule has 0 saturated carbocycles. The van der Waals surface area contributed by atoms with Gasteiger partial charge in [-0.3, -0.25) is 4.79 Å². The number of rotatable bonds is 2. The number of fused-ring (bicyclic) bond motifs is 1. The van der Waals surface area contributed by atoms with Crippen molar-refractivity contribution < 1.29 is 0 Å². The van der Waals surface area contributed by atoms with Crippen molar-refractivity contribution in [2.75, 3.05) is 11.1 Å². The molecule has 3 rings (SSSR count). The molecule has 0 unspecified atom stereocenters. The van der Waals surface area contributed by atoms with Crippen molar-refractivity contribution in [2.45, 2.75) is 0 Å². The summed E-state index contributed by atoms with van der Waals surface area (Å²) >= 11 is 0. The Morgan fingerprint density at radius 3 is 2.74 bits per heavy atom. The van der Waals surface area contributed by atoms with E-state index in [0.717, 1.165) is 11.4 Å². The third kappa shape index (κ3) is 2.13. The van der Waals surface area contributed by atoms with Crippen LogP contribution in [0.25, 0.3) is 10.9 Å². The van der Waals surface area contributed by atoms with Crippen LogP contribution >= 0.6 is 0 Å². The number of anilines is 3. The zero-order chi connectivity index (χ0) is 13.2. The van der Waals surface area contributed by atoms with Gasteiger partial charge in [-0.15, -0.1) is 0 Å². The highest BCUT2D eigenvalue weighted by Gasteiger charge is 2.06. The number of nitrogens with two attached hydrogens (primary N) is 1. The highest BCUT2D eigenvalue weighted by atomic mass is 16.1. The SMILES string of the molecule is Nc1cc2c(=O)[nH]cnc2cc1Nc1ccccc1. The highest BCUT2D eigenvalue weighted by Crippen LogP contribution is 2.26. The predicted octanol–water partition coefficient (Wildman–Crippen LogP) is 2.25. The van der Waals surface area contributed by atoms with Crippen LogP contribution in [0.3, 0.4) is 0 Å². The lowest BCUT2D eigenvalue weighted by atomic mass is 10.2. The van der Waals surface area contributed by atoms with E-state index in [1.807, 2.05) is 30.3 Å². The van der Waals surface area contributed by atoms with Gasteiger partial charge >= 0.3 is 0 Å². The van der Waals surface area contributed by atoms with Gasteiger partial charge in [0.05, 0.1) is 28.6 Å². The first-order valence-electron chi connectivity index (χ1n) is 5.83. The normalized spacial score (nSPS) is 10.5. The molecule has 0 spiro atoms. The fraction of sp³-hybridized carbons (Fsp3) is 0. The van der Waals surface area contributed by atoms with Crippen molar-refractivity contribution in [1.82, 2.24) is 9.97 Å². The Bertz CT molecular complexity index is 780.